The zero-order chi connectivity index (χ0) is 25.7. The molecular formula is C26H45N3O4Si. The molecule has 0 radical (unpaired) electrons. The molecule has 1 aliphatic carbocycles. The number of anilines is 1. The molecule has 1 aliphatic rings. The molecule has 1 fully saturated rings. The van der Waals surface area contributed by atoms with Crippen molar-refractivity contribution in [1.82, 2.24) is 10.3 Å². The largest absolute Gasteiger partial charge is 0.436 e. The summed E-state index contributed by atoms with van der Waals surface area (Å²) >= 11 is 0. The van der Waals surface area contributed by atoms with Crippen LogP contribution in [0.3, 0.4) is 0 Å². The topological polar surface area (TPSA) is 89.5 Å². The predicted molar refractivity (Wildman–Crippen MR) is 139 cm³/mol. The molecule has 34 heavy (non-hydrogen) atoms. The molecule has 1 aromatic heterocycles. The number of alkyl carbamates (subject to hydrolysis) is 1. The Morgan fingerprint density at radius 2 is 1.74 bits per heavy atom. The van der Waals surface area contributed by atoms with E-state index in [1.54, 1.807) is 6.20 Å². The minimum Gasteiger partial charge on any atom is -0.436 e. The van der Waals surface area contributed by atoms with Crippen molar-refractivity contribution in [1.29, 1.82) is 0 Å². The number of carbonyl (C=O) groups is 2. The zero-order valence-corrected chi connectivity index (χ0v) is 23.6. The van der Waals surface area contributed by atoms with Crippen LogP contribution in [0.1, 0.15) is 79.7 Å². The van der Waals surface area contributed by atoms with E-state index in [1.807, 2.05) is 32.9 Å². The maximum Gasteiger partial charge on any atom is 0.408 e. The van der Waals surface area contributed by atoms with Crippen LogP contribution in [-0.2, 0) is 20.6 Å². The highest BCUT2D eigenvalue weighted by molar-refractivity contribution is 6.74. The van der Waals surface area contributed by atoms with Crippen molar-refractivity contribution in [2.24, 2.45) is 11.8 Å². The quantitative estimate of drug-likeness (QED) is 0.439. The molecular weight excluding hydrogens is 446 g/mol. The molecule has 0 bridgehead atoms. The van der Waals surface area contributed by atoms with Gasteiger partial charge in [0.15, 0.2) is 14.4 Å². The van der Waals surface area contributed by atoms with Gasteiger partial charge < -0.3 is 19.8 Å². The zero-order valence-electron chi connectivity index (χ0n) is 22.6. The average Bonchev–Trinajstić information content (AvgIpc) is 2.69. The molecule has 0 saturated heterocycles. The molecule has 1 atom stereocenters. The second-order valence-electron chi connectivity index (χ2n) is 12.3. The van der Waals surface area contributed by atoms with E-state index < -0.39 is 26.1 Å². The SMILES string of the molecule is CC1CCC(C(OC(=O)NC(C)(C)C)C(=O)Nc2cc(CO[Si](C)(C)C(C)(C)C)ccn2)CC1. The lowest BCUT2D eigenvalue weighted by atomic mass is 9.80. The van der Waals surface area contributed by atoms with Crippen LogP contribution in [-0.4, -0.2) is 36.9 Å². The average molecular weight is 492 g/mol. The first-order chi connectivity index (χ1) is 15.6. The molecule has 1 unspecified atom stereocenters. The Kier molecular flexibility index (Phi) is 9.33. The van der Waals surface area contributed by atoms with Gasteiger partial charge in [0, 0.05) is 17.7 Å². The van der Waals surface area contributed by atoms with Gasteiger partial charge in [-0.05, 0) is 75.4 Å². The van der Waals surface area contributed by atoms with Crippen LogP contribution in [0.15, 0.2) is 18.3 Å². The Morgan fingerprint density at radius 1 is 1.12 bits per heavy atom. The highest BCUT2D eigenvalue weighted by Gasteiger charge is 2.37. The summed E-state index contributed by atoms with van der Waals surface area (Å²) in [6, 6.07) is 3.73. The Balaban J connectivity index is 2.11. The molecule has 1 saturated carbocycles. The van der Waals surface area contributed by atoms with E-state index in [0.717, 1.165) is 31.2 Å². The Hall–Kier alpha value is -1.93. The molecule has 0 aliphatic heterocycles. The number of aromatic nitrogens is 1. The first-order valence-corrected chi connectivity index (χ1v) is 15.4. The standard InChI is InChI=1S/C26H45N3O4Si/c1-18-10-12-20(13-11-18)22(33-24(31)29-25(2,3)4)23(30)28-21-16-19(14-15-27-21)17-32-34(8,9)26(5,6)7/h14-16,18,20,22H,10-13,17H2,1-9H3,(H,29,31)(H,27,28,30). The van der Waals surface area contributed by atoms with Crippen molar-refractivity contribution < 1.29 is 18.8 Å². The van der Waals surface area contributed by atoms with Crippen molar-refractivity contribution in [2.75, 3.05) is 5.32 Å². The lowest BCUT2D eigenvalue weighted by Crippen LogP contribution is -2.47. The number of carbonyl (C=O) groups excluding carboxylic acids is 2. The monoisotopic (exact) mass is 491 g/mol. The molecule has 7 nitrogen and oxygen atoms in total. The van der Waals surface area contributed by atoms with Crippen LogP contribution in [0.4, 0.5) is 10.6 Å². The summed E-state index contributed by atoms with van der Waals surface area (Å²) in [4.78, 5) is 30.1. The molecule has 2 N–H and O–H groups in total. The fourth-order valence-corrected chi connectivity index (χ4v) is 4.67. The van der Waals surface area contributed by atoms with E-state index in [0.29, 0.717) is 18.3 Å². The van der Waals surface area contributed by atoms with E-state index in [1.165, 1.54) is 0 Å². The third kappa shape index (κ3) is 8.69. The summed E-state index contributed by atoms with van der Waals surface area (Å²) in [6.07, 6.45) is 4.00. The summed E-state index contributed by atoms with van der Waals surface area (Å²) in [5.74, 6) is 0.726. The van der Waals surface area contributed by atoms with Crippen LogP contribution in [0.25, 0.3) is 0 Å². The summed E-state index contributed by atoms with van der Waals surface area (Å²) < 4.78 is 12.0. The van der Waals surface area contributed by atoms with Crippen molar-refractivity contribution in [2.45, 2.75) is 111 Å². The second kappa shape index (κ2) is 11.2. The summed E-state index contributed by atoms with van der Waals surface area (Å²) in [6.45, 7) is 19.4. The Labute approximate surface area is 206 Å². The maximum absolute atomic E-state index is 13.3. The van der Waals surface area contributed by atoms with Gasteiger partial charge in [-0.1, -0.05) is 40.5 Å². The van der Waals surface area contributed by atoms with Gasteiger partial charge in [-0.2, -0.15) is 0 Å². The molecule has 1 heterocycles. The van der Waals surface area contributed by atoms with Gasteiger partial charge in [-0.15, -0.1) is 0 Å². The van der Waals surface area contributed by atoms with E-state index in [9.17, 15) is 9.59 Å². The Morgan fingerprint density at radius 3 is 2.29 bits per heavy atom. The van der Waals surface area contributed by atoms with Gasteiger partial charge in [0.05, 0.1) is 6.61 Å². The minimum absolute atomic E-state index is 0.00739. The molecule has 2 rings (SSSR count). The number of pyridine rings is 1. The second-order valence-corrected chi connectivity index (χ2v) is 17.1. The molecule has 2 amide bonds. The van der Waals surface area contributed by atoms with E-state index >= 15 is 0 Å². The fraction of sp³-hybridized carbons (Fsp3) is 0.731. The van der Waals surface area contributed by atoms with Crippen molar-refractivity contribution in [3.63, 3.8) is 0 Å². The van der Waals surface area contributed by atoms with Crippen LogP contribution < -0.4 is 10.6 Å². The van der Waals surface area contributed by atoms with E-state index in [-0.39, 0.29) is 16.9 Å². The molecule has 0 aromatic carbocycles. The van der Waals surface area contributed by atoms with Gasteiger partial charge in [0.25, 0.3) is 5.91 Å². The normalized spacial score (nSPS) is 20.4. The highest BCUT2D eigenvalue weighted by Crippen LogP contribution is 2.37. The lowest BCUT2D eigenvalue weighted by Gasteiger charge is -2.36. The first kappa shape index (κ1) is 28.3. The van der Waals surface area contributed by atoms with Gasteiger partial charge in [0.1, 0.15) is 5.82 Å². The van der Waals surface area contributed by atoms with Crippen molar-refractivity contribution in [3.8, 4) is 0 Å². The van der Waals surface area contributed by atoms with Gasteiger partial charge in [-0.25, -0.2) is 9.78 Å². The molecule has 8 heteroatoms. The lowest BCUT2D eigenvalue weighted by molar-refractivity contribution is -0.128. The third-order valence-corrected chi connectivity index (χ3v) is 11.4. The maximum atomic E-state index is 13.3. The van der Waals surface area contributed by atoms with Crippen LogP contribution in [0.2, 0.25) is 18.1 Å². The number of nitrogens with one attached hydrogen (secondary N) is 2. The minimum atomic E-state index is -1.89. The summed E-state index contributed by atoms with van der Waals surface area (Å²) in [5, 5.41) is 5.80. The van der Waals surface area contributed by atoms with Crippen LogP contribution in [0.5, 0.6) is 0 Å². The third-order valence-electron chi connectivity index (χ3n) is 6.94. The highest BCUT2D eigenvalue weighted by atomic mass is 28.4. The van der Waals surface area contributed by atoms with Crippen LogP contribution in [0, 0.1) is 11.8 Å². The van der Waals surface area contributed by atoms with Gasteiger partial charge in [0.2, 0.25) is 0 Å². The number of amides is 2. The fourth-order valence-electron chi connectivity index (χ4n) is 3.71. The van der Waals surface area contributed by atoms with Gasteiger partial charge in [-0.3, -0.25) is 4.79 Å². The molecule has 1 aromatic rings. The number of nitrogens with zero attached hydrogens (tertiary/aromatic N) is 1. The van der Waals surface area contributed by atoms with Crippen molar-refractivity contribution >= 4 is 26.1 Å². The summed E-state index contributed by atoms with van der Waals surface area (Å²) in [7, 11) is -1.89. The number of rotatable bonds is 7. The number of hydrogen-bond acceptors (Lipinski definition) is 5. The predicted octanol–water partition coefficient (Wildman–Crippen LogP) is 6.26. The van der Waals surface area contributed by atoms with E-state index in [2.05, 4.69) is 56.4 Å². The number of hydrogen-bond donors (Lipinski definition) is 2. The van der Waals surface area contributed by atoms with Crippen LogP contribution >= 0.6 is 0 Å². The number of ether oxygens (including phenoxy) is 1. The van der Waals surface area contributed by atoms with E-state index in [4.69, 9.17) is 9.16 Å². The van der Waals surface area contributed by atoms with Gasteiger partial charge >= 0.3 is 6.09 Å². The first-order valence-electron chi connectivity index (χ1n) is 12.5. The Bertz CT molecular complexity index is 837. The molecule has 0 spiro atoms. The van der Waals surface area contributed by atoms with Crippen molar-refractivity contribution in [3.05, 3.63) is 23.9 Å². The smallest absolute Gasteiger partial charge is 0.408 e. The molecule has 192 valence electrons. The summed E-state index contributed by atoms with van der Waals surface area (Å²) in [5.41, 5.74) is 0.503.